The van der Waals surface area contributed by atoms with Crippen LogP contribution in [0.3, 0.4) is 0 Å². The van der Waals surface area contributed by atoms with E-state index in [4.69, 9.17) is 25.8 Å². The van der Waals surface area contributed by atoms with Crippen LogP contribution in [-0.4, -0.2) is 97.2 Å². The molecule has 1 spiro atoms. The highest BCUT2D eigenvalue weighted by atomic mass is 35.5. The number of Topliss-reactive ketones (excluding diaryl/α,β-unsaturated/α-hetero) is 1. The number of carbonyl (C=O) groups excluding carboxylic acids is 1. The van der Waals surface area contributed by atoms with E-state index in [1.54, 1.807) is 41.7 Å². The summed E-state index contributed by atoms with van der Waals surface area (Å²) >= 11 is 6.75. The smallest absolute Gasteiger partial charge is 0.312 e. The van der Waals surface area contributed by atoms with Gasteiger partial charge in [0, 0.05) is 72.4 Å². The van der Waals surface area contributed by atoms with Gasteiger partial charge >= 0.3 is 5.69 Å². The van der Waals surface area contributed by atoms with Gasteiger partial charge in [0.25, 0.3) is 0 Å². The summed E-state index contributed by atoms with van der Waals surface area (Å²) in [5.74, 6) is -0.776. The summed E-state index contributed by atoms with van der Waals surface area (Å²) < 4.78 is 45.1. The van der Waals surface area contributed by atoms with Crippen LogP contribution in [0.4, 0.5) is 11.4 Å². The number of anilines is 1. The van der Waals surface area contributed by atoms with Gasteiger partial charge in [0.05, 0.1) is 41.4 Å². The molecule has 4 aromatic rings. The Morgan fingerprint density at radius 1 is 1.03 bits per heavy atom. The summed E-state index contributed by atoms with van der Waals surface area (Å²) in [6.45, 7) is 10.8. The highest BCUT2D eigenvalue weighted by molar-refractivity contribution is 7.92. The Kier molecular flexibility index (Phi) is 9.85. The Morgan fingerprint density at radius 3 is 2.51 bits per heavy atom. The molecule has 13 nitrogen and oxygen atoms in total. The fourth-order valence-corrected chi connectivity index (χ4v) is 13.0. The molecule has 15 heteroatoms. The first-order valence-electron chi connectivity index (χ1n) is 21.5. The van der Waals surface area contributed by atoms with Gasteiger partial charge in [0.15, 0.2) is 21.4 Å². The number of hydrogen-bond donors (Lipinski definition) is 1. The number of fused-ring (bicyclic) bond motifs is 1. The Hall–Kier alpha value is -4.50. The fourth-order valence-electron chi connectivity index (χ4n) is 11.0. The SMILES string of the molecule is CC1(C)CCC(CN2CCN(c3ccc(C(=O)CS(=O)(=O)c4ccc(OCC5CC6(COC6)C5)c([N+](=O)[O-])c4)c(Oc4cnc5[nH]ccc5c4)c3)CC2)=C(C23CC(Cl)(C2)C3)C1. The van der Waals surface area contributed by atoms with E-state index in [1.165, 1.54) is 18.6 Å². The van der Waals surface area contributed by atoms with Crippen LogP contribution in [0.1, 0.15) is 75.6 Å². The van der Waals surface area contributed by atoms with Gasteiger partial charge in [-0.1, -0.05) is 25.0 Å². The number of pyridine rings is 1. The zero-order chi connectivity index (χ0) is 42.4. The van der Waals surface area contributed by atoms with Gasteiger partial charge < -0.3 is 24.1 Å². The average Bonchev–Trinajstić information content (AvgIpc) is 3.64. The number of alkyl halides is 1. The first kappa shape index (κ1) is 40.6. The number of nitro groups is 1. The minimum absolute atomic E-state index is 0.00409. The van der Waals surface area contributed by atoms with E-state index in [1.807, 2.05) is 12.1 Å². The lowest BCUT2D eigenvalue weighted by Gasteiger charge is -2.70. The van der Waals surface area contributed by atoms with Gasteiger partial charge in [-0.05, 0) is 105 Å². The largest absolute Gasteiger partial charge is 0.487 e. The number of hydrogen-bond acceptors (Lipinski definition) is 11. The third-order valence-electron chi connectivity index (χ3n) is 14.4. The number of H-pyrrole nitrogens is 1. The maximum atomic E-state index is 14.0. The van der Waals surface area contributed by atoms with Gasteiger partial charge in [0.2, 0.25) is 0 Å². The van der Waals surface area contributed by atoms with Crippen molar-refractivity contribution < 1.29 is 32.3 Å². The molecule has 4 heterocycles. The highest BCUT2D eigenvalue weighted by Crippen LogP contribution is 2.75. The molecule has 0 unspecified atom stereocenters. The van der Waals surface area contributed by atoms with Gasteiger partial charge in [-0.25, -0.2) is 13.4 Å². The molecule has 0 radical (unpaired) electrons. The lowest BCUT2D eigenvalue weighted by molar-refractivity contribution is -0.386. The molecule has 1 N–H and O–H groups in total. The number of carbonyl (C=O) groups is 1. The zero-order valence-electron chi connectivity index (χ0n) is 34.7. The van der Waals surface area contributed by atoms with Crippen LogP contribution in [0.2, 0.25) is 0 Å². The summed E-state index contributed by atoms with van der Waals surface area (Å²) in [6.07, 6.45) is 12.1. The summed E-state index contributed by atoms with van der Waals surface area (Å²) in [7, 11) is -4.32. The fraction of sp³-hybridized carbons (Fsp3) is 0.522. The quantitative estimate of drug-likeness (QED) is 0.0426. The molecule has 7 aliphatic rings. The van der Waals surface area contributed by atoms with Crippen LogP contribution >= 0.6 is 11.6 Å². The molecular weight excluding hydrogens is 818 g/mol. The van der Waals surface area contributed by atoms with Crippen molar-refractivity contribution in [2.75, 3.05) is 63.2 Å². The molecule has 2 bridgehead atoms. The van der Waals surface area contributed by atoms with E-state index in [0.29, 0.717) is 28.8 Å². The number of sulfone groups is 1. The second-order valence-electron chi connectivity index (χ2n) is 19.7. The molecule has 11 rings (SSSR count). The summed E-state index contributed by atoms with van der Waals surface area (Å²) in [4.78, 5) is 37.5. The van der Waals surface area contributed by atoms with Crippen molar-refractivity contribution in [3.05, 3.63) is 87.7 Å². The first-order chi connectivity index (χ1) is 29.1. The van der Waals surface area contributed by atoms with E-state index >= 15 is 0 Å². The van der Waals surface area contributed by atoms with E-state index in [9.17, 15) is 23.3 Å². The third-order valence-corrected chi connectivity index (χ3v) is 16.4. The summed E-state index contributed by atoms with van der Waals surface area (Å²) in [6, 6.07) is 12.5. The van der Waals surface area contributed by atoms with E-state index < -0.39 is 32.0 Å². The average molecular weight is 870 g/mol. The molecule has 322 valence electrons. The van der Waals surface area contributed by atoms with Crippen LogP contribution in [0.25, 0.3) is 11.0 Å². The molecule has 4 saturated carbocycles. The van der Waals surface area contributed by atoms with E-state index in [-0.39, 0.29) is 38.2 Å². The van der Waals surface area contributed by atoms with Crippen molar-refractivity contribution in [3.8, 4) is 17.2 Å². The maximum absolute atomic E-state index is 14.0. The van der Waals surface area contributed by atoms with E-state index in [0.717, 1.165) is 108 Å². The molecule has 6 fully saturated rings. The Balaban J connectivity index is 0.852. The number of ketones is 1. The van der Waals surface area contributed by atoms with Gasteiger partial charge in [-0.15, -0.1) is 11.6 Å². The zero-order valence-corrected chi connectivity index (χ0v) is 36.3. The molecule has 2 saturated heterocycles. The number of ether oxygens (including phenoxy) is 3. The molecule has 0 amide bonds. The Labute approximate surface area is 360 Å². The summed E-state index contributed by atoms with van der Waals surface area (Å²) in [5, 5.41) is 12.9. The van der Waals surface area contributed by atoms with Crippen molar-refractivity contribution in [1.29, 1.82) is 0 Å². The van der Waals surface area contributed by atoms with Gasteiger partial charge in [-0.3, -0.25) is 19.8 Å². The number of aromatic amines is 1. The lowest BCUT2D eigenvalue weighted by Crippen LogP contribution is -2.65. The monoisotopic (exact) mass is 869 g/mol. The Morgan fingerprint density at radius 2 is 1.80 bits per heavy atom. The predicted octanol–water partition coefficient (Wildman–Crippen LogP) is 8.52. The molecular formula is C46H52ClN5O8S. The minimum Gasteiger partial charge on any atom is -0.487 e. The van der Waals surface area contributed by atoms with Crippen LogP contribution in [0.5, 0.6) is 17.2 Å². The van der Waals surface area contributed by atoms with E-state index in [2.05, 4.69) is 33.6 Å². The summed E-state index contributed by atoms with van der Waals surface area (Å²) in [5.41, 5.74) is 5.33. The first-order valence-corrected chi connectivity index (χ1v) is 23.5. The number of halogens is 1. The Bertz CT molecular complexity index is 2550. The van der Waals surface area contributed by atoms with Gasteiger partial charge in [0.1, 0.15) is 22.9 Å². The molecule has 61 heavy (non-hydrogen) atoms. The highest BCUT2D eigenvalue weighted by Gasteiger charge is 2.69. The lowest BCUT2D eigenvalue weighted by atomic mass is 9.39. The van der Waals surface area contributed by atoms with Gasteiger partial charge in [-0.2, -0.15) is 0 Å². The van der Waals surface area contributed by atoms with Crippen LogP contribution in [0.15, 0.2) is 77.0 Å². The molecule has 2 aliphatic heterocycles. The number of benzene rings is 2. The number of rotatable bonds is 14. The standard InChI is InChI=1S/C46H52ClN5O8S/c1-43(2)9-7-32(37(20-43)45-25-46(47,26-45)27-45)22-50-11-13-51(14-12-50)33-3-5-36(41(16-33)60-34-15-31-8-10-48-42(31)49-21-34)39(53)24-61(56,57)35-4-6-40(38(17-35)52(54)55)59-23-30-18-44(19-30)28-58-29-44/h3-6,8,10,15-17,21,30H,7,9,11-14,18-20,22-29H2,1-2H3,(H,48,49). The number of nitrogens with zero attached hydrogens (tertiary/aromatic N) is 4. The normalized spacial score (nSPS) is 25.7. The second kappa shape index (κ2) is 14.8. The minimum atomic E-state index is -4.32. The third kappa shape index (κ3) is 7.71. The number of allylic oxidation sites excluding steroid dienone is 1. The van der Waals surface area contributed by atoms with Crippen molar-refractivity contribution >= 4 is 49.6 Å². The molecule has 2 aromatic heterocycles. The number of piperazine rings is 1. The number of nitrogens with one attached hydrogen (secondary N) is 1. The van der Waals surface area contributed by atoms with Crippen molar-refractivity contribution in [3.63, 3.8) is 0 Å². The molecule has 2 aromatic carbocycles. The van der Waals surface area contributed by atoms with Crippen LogP contribution in [-0.2, 0) is 14.6 Å². The van der Waals surface area contributed by atoms with Crippen molar-refractivity contribution in [2.45, 2.75) is 75.0 Å². The predicted molar refractivity (Wildman–Crippen MR) is 232 cm³/mol. The topological polar surface area (TPSA) is 157 Å². The van der Waals surface area contributed by atoms with Crippen molar-refractivity contribution in [1.82, 2.24) is 14.9 Å². The van der Waals surface area contributed by atoms with Crippen LogP contribution < -0.4 is 14.4 Å². The molecule has 0 atom stereocenters. The van der Waals surface area contributed by atoms with Crippen LogP contribution in [0, 0.1) is 32.3 Å². The second-order valence-corrected chi connectivity index (χ2v) is 22.5. The van der Waals surface area contributed by atoms with Crippen molar-refractivity contribution in [2.24, 2.45) is 22.2 Å². The maximum Gasteiger partial charge on any atom is 0.312 e. The molecule has 5 aliphatic carbocycles. The number of aromatic nitrogens is 2. The number of nitro benzene ring substituents is 1.